The smallest absolute Gasteiger partial charge is 0.246 e. The SMILES string of the molecule is CNC(C)(C)C/C=C/C(=O)N(C)[C@H](Cc1ccc2ccccc2c1)C(=O)N(C)[C@H](Cc1ccc(F)cc1)C(=O)NC[C@@H](C)O. The highest BCUT2D eigenvalue weighted by Crippen LogP contribution is 2.20. The Balaban J connectivity index is 1.95. The maximum atomic E-state index is 14.3. The van der Waals surface area contributed by atoms with E-state index in [1.54, 1.807) is 32.2 Å². The van der Waals surface area contributed by atoms with Crippen LogP contribution in [-0.4, -0.2) is 84.0 Å². The molecule has 236 valence electrons. The van der Waals surface area contributed by atoms with Crippen molar-refractivity contribution in [3.8, 4) is 0 Å². The monoisotopic (exact) mass is 604 g/mol. The van der Waals surface area contributed by atoms with Gasteiger partial charge in [0.15, 0.2) is 0 Å². The van der Waals surface area contributed by atoms with Crippen LogP contribution >= 0.6 is 0 Å². The van der Waals surface area contributed by atoms with Gasteiger partial charge in [-0.3, -0.25) is 14.4 Å². The predicted octanol–water partition coefficient (Wildman–Crippen LogP) is 3.86. The zero-order chi connectivity index (χ0) is 32.4. The van der Waals surface area contributed by atoms with Gasteiger partial charge in [0.05, 0.1) is 6.10 Å². The maximum absolute atomic E-state index is 14.3. The molecule has 3 amide bonds. The highest BCUT2D eigenvalue weighted by atomic mass is 19.1. The number of rotatable bonds is 14. The molecule has 8 nitrogen and oxygen atoms in total. The van der Waals surface area contributed by atoms with Crippen LogP contribution in [0.25, 0.3) is 10.8 Å². The first-order chi connectivity index (χ1) is 20.8. The van der Waals surface area contributed by atoms with Gasteiger partial charge < -0.3 is 25.5 Å². The Labute approximate surface area is 259 Å². The number of fused-ring (bicyclic) bond motifs is 1. The van der Waals surface area contributed by atoms with Gasteiger partial charge in [0.25, 0.3) is 0 Å². The number of aliphatic hydroxyl groups excluding tert-OH is 1. The lowest BCUT2D eigenvalue weighted by Crippen LogP contribution is -2.56. The van der Waals surface area contributed by atoms with Gasteiger partial charge in [-0.1, -0.05) is 60.7 Å². The summed E-state index contributed by atoms with van der Waals surface area (Å²) in [7, 11) is 4.99. The average molecular weight is 605 g/mol. The first-order valence-electron chi connectivity index (χ1n) is 14.9. The summed E-state index contributed by atoms with van der Waals surface area (Å²) in [5.74, 6) is -1.62. The molecule has 0 aromatic heterocycles. The van der Waals surface area contributed by atoms with Gasteiger partial charge in [-0.05, 0) is 74.3 Å². The highest BCUT2D eigenvalue weighted by Gasteiger charge is 2.35. The molecule has 0 fully saturated rings. The summed E-state index contributed by atoms with van der Waals surface area (Å²) >= 11 is 0. The fourth-order valence-corrected chi connectivity index (χ4v) is 4.81. The van der Waals surface area contributed by atoms with Crippen LogP contribution in [0.5, 0.6) is 0 Å². The number of nitrogens with zero attached hydrogens (tertiary/aromatic N) is 2. The highest BCUT2D eigenvalue weighted by molar-refractivity contribution is 5.95. The lowest BCUT2D eigenvalue weighted by Gasteiger charge is -2.34. The molecule has 0 aliphatic heterocycles. The molecule has 0 aliphatic rings. The van der Waals surface area contributed by atoms with E-state index in [9.17, 15) is 23.9 Å². The lowest BCUT2D eigenvalue weighted by atomic mass is 9.98. The molecule has 9 heteroatoms. The first-order valence-corrected chi connectivity index (χ1v) is 14.9. The van der Waals surface area contributed by atoms with Crippen molar-refractivity contribution in [3.05, 3.63) is 95.8 Å². The molecule has 0 saturated heterocycles. The Kier molecular flexibility index (Phi) is 12.2. The third kappa shape index (κ3) is 9.72. The van der Waals surface area contributed by atoms with E-state index in [1.807, 2.05) is 63.4 Å². The Hall–Kier alpha value is -4.08. The Morgan fingerprint density at radius 3 is 2.16 bits per heavy atom. The van der Waals surface area contributed by atoms with Crippen LogP contribution in [0.1, 0.15) is 38.3 Å². The molecule has 0 bridgehead atoms. The molecule has 44 heavy (non-hydrogen) atoms. The van der Waals surface area contributed by atoms with E-state index in [1.165, 1.54) is 35.1 Å². The van der Waals surface area contributed by atoms with Gasteiger partial charge in [-0.2, -0.15) is 0 Å². The van der Waals surface area contributed by atoms with Crippen molar-refractivity contribution in [1.29, 1.82) is 0 Å². The largest absolute Gasteiger partial charge is 0.392 e. The second-order valence-electron chi connectivity index (χ2n) is 12.0. The van der Waals surface area contributed by atoms with Crippen molar-refractivity contribution in [1.82, 2.24) is 20.4 Å². The Morgan fingerprint density at radius 2 is 1.52 bits per heavy atom. The number of nitrogens with one attached hydrogen (secondary N) is 2. The summed E-state index contributed by atoms with van der Waals surface area (Å²) in [5, 5.41) is 17.7. The van der Waals surface area contributed by atoms with Crippen molar-refractivity contribution in [2.75, 3.05) is 27.7 Å². The van der Waals surface area contributed by atoms with Crippen molar-refractivity contribution < 1.29 is 23.9 Å². The molecule has 3 atom stereocenters. The topological polar surface area (TPSA) is 102 Å². The average Bonchev–Trinajstić information content (AvgIpc) is 3.00. The normalized spacial score (nSPS) is 13.8. The number of carbonyl (C=O) groups is 3. The molecule has 3 N–H and O–H groups in total. The van der Waals surface area contributed by atoms with Crippen molar-refractivity contribution in [2.24, 2.45) is 0 Å². The number of halogens is 1. The molecule has 3 aromatic carbocycles. The predicted molar refractivity (Wildman–Crippen MR) is 172 cm³/mol. The van der Waals surface area contributed by atoms with Crippen LogP contribution in [0.15, 0.2) is 78.9 Å². The van der Waals surface area contributed by atoms with Gasteiger partial charge in [-0.25, -0.2) is 4.39 Å². The quantitative estimate of drug-likeness (QED) is 0.243. The van der Waals surface area contributed by atoms with Crippen LogP contribution in [0, 0.1) is 5.82 Å². The fraction of sp³-hybridized carbons (Fsp3) is 0.400. The third-order valence-electron chi connectivity index (χ3n) is 7.94. The summed E-state index contributed by atoms with van der Waals surface area (Å²) in [6.45, 7) is 5.61. The van der Waals surface area contributed by atoms with E-state index >= 15 is 0 Å². The van der Waals surface area contributed by atoms with Crippen molar-refractivity contribution >= 4 is 28.5 Å². The van der Waals surface area contributed by atoms with E-state index in [0.29, 0.717) is 12.0 Å². The summed E-state index contributed by atoms with van der Waals surface area (Å²) in [6.07, 6.45) is 3.44. The second-order valence-corrected chi connectivity index (χ2v) is 12.0. The molecule has 0 saturated carbocycles. The number of amides is 3. The standard InChI is InChI=1S/C35H45FN4O4/c1-24(41)23-38-33(43)30(21-25-14-17-29(36)18-15-25)40(6)34(44)31(39(5)32(42)12-9-19-35(2,3)37-4)22-26-13-16-27-10-7-8-11-28(27)20-26/h7-18,20,24,30-31,37,41H,19,21-23H2,1-6H3,(H,38,43)/b12-9+/t24-,30-,31-/m1/s1. The van der Waals surface area contributed by atoms with Gasteiger partial charge in [-0.15, -0.1) is 0 Å². The van der Waals surface area contributed by atoms with E-state index in [2.05, 4.69) is 10.6 Å². The zero-order valence-electron chi connectivity index (χ0n) is 26.5. The van der Waals surface area contributed by atoms with E-state index in [0.717, 1.165) is 16.3 Å². The number of likely N-dealkylation sites (N-methyl/N-ethyl adjacent to an activating group) is 2. The molecule has 0 unspecified atom stereocenters. The summed E-state index contributed by atoms with van der Waals surface area (Å²) in [5.41, 5.74) is 1.32. The Morgan fingerprint density at radius 1 is 0.909 bits per heavy atom. The molecule has 0 radical (unpaired) electrons. The molecule has 0 spiro atoms. The molecule has 0 heterocycles. The van der Waals surface area contributed by atoms with Gasteiger partial charge in [0, 0.05) is 39.0 Å². The fourth-order valence-electron chi connectivity index (χ4n) is 4.81. The summed E-state index contributed by atoms with van der Waals surface area (Å²) in [6, 6.07) is 17.7. The van der Waals surface area contributed by atoms with Crippen molar-refractivity contribution in [2.45, 2.75) is 63.8 Å². The van der Waals surface area contributed by atoms with Crippen molar-refractivity contribution in [3.63, 3.8) is 0 Å². The van der Waals surface area contributed by atoms with E-state index in [4.69, 9.17) is 0 Å². The Bertz CT molecular complexity index is 1450. The van der Waals surface area contributed by atoms with Gasteiger partial charge in [0.2, 0.25) is 17.7 Å². The van der Waals surface area contributed by atoms with Crippen LogP contribution in [0.3, 0.4) is 0 Å². The number of hydrogen-bond acceptors (Lipinski definition) is 5. The number of benzene rings is 3. The molecule has 3 aromatic rings. The molecule has 0 aliphatic carbocycles. The van der Waals surface area contributed by atoms with E-state index < -0.39 is 35.8 Å². The number of hydrogen-bond donors (Lipinski definition) is 3. The minimum Gasteiger partial charge on any atom is -0.392 e. The summed E-state index contributed by atoms with van der Waals surface area (Å²) in [4.78, 5) is 43.8. The molecular formula is C35H45FN4O4. The lowest BCUT2D eigenvalue weighted by molar-refractivity contribution is -0.146. The number of carbonyl (C=O) groups excluding carboxylic acids is 3. The molecular weight excluding hydrogens is 559 g/mol. The number of aliphatic hydroxyl groups is 1. The third-order valence-corrected chi connectivity index (χ3v) is 7.94. The van der Waals surface area contributed by atoms with Gasteiger partial charge >= 0.3 is 0 Å². The van der Waals surface area contributed by atoms with Crippen LogP contribution in [0.2, 0.25) is 0 Å². The zero-order valence-corrected chi connectivity index (χ0v) is 26.5. The van der Waals surface area contributed by atoms with Gasteiger partial charge in [0.1, 0.15) is 17.9 Å². The van der Waals surface area contributed by atoms with E-state index in [-0.39, 0.29) is 30.8 Å². The van der Waals surface area contributed by atoms with Crippen LogP contribution in [0.4, 0.5) is 4.39 Å². The second kappa shape index (κ2) is 15.6. The minimum atomic E-state index is -0.971. The minimum absolute atomic E-state index is 0.00739. The van der Waals surface area contributed by atoms with Crippen LogP contribution < -0.4 is 10.6 Å². The maximum Gasteiger partial charge on any atom is 0.246 e. The molecule has 3 rings (SSSR count). The first kappa shape index (κ1) is 34.4. The summed E-state index contributed by atoms with van der Waals surface area (Å²) < 4.78 is 13.6. The van der Waals surface area contributed by atoms with Crippen LogP contribution in [-0.2, 0) is 27.2 Å².